The van der Waals surface area contributed by atoms with Gasteiger partial charge in [-0.25, -0.2) is 9.18 Å². The summed E-state index contributed by atoms with van der Waals surface area (Å²) in [7, 11) is 1.27. The number of benzene rings is 1. The van der Waals surface area contributed by atoms with Crippen molar-refractivity contribution in [2.24, 2.45) is 0 Å². The standard InChI is InChI=1S/C13H16FNO2/c1-9-11(15-7-3-4-8-15)6-5-10(14)12(9)13(16)17-2/h5-6H,3-4,7-8H2,1-2H3. The molecule has 1 saturated heterocycles. The van der Waals surface area contributed by atoms with Gasteiger partial charge in [-0.1, -0.05) is 0 Å². The number of methoxy groups -OCH3 is 1. The molecule has 0 saturated carbocycles. The number of esters is 1. The summed E-state index contributed by atoms with van der Waals surface area (Å²) in [6, 6.07) is 3.08. The van der Waals surface area contributed by atoms with Gasteiger partial charge in [-0.05, 0) is 37.5 Å². The Labute approximate surface area is 100 Å². The molecular weight excluding hydrogens is 221 g/mol. The van der Waals surface area contributed by atoms with Gasteiger partial charge < -0.3 is 9.64 Å². The predicted octanol–water partition coefficient (Wildman–Crippen LogP) is 2.52. The highest BCUT2D eigenvalue weighted by Crippen LogP contribution is 2.28. The van der Waals surface area contributed by atoms with Crippen LogP contribution in [-0.4, -0.2) is 26.2 Å². The van der Waals surface area contributed by atoms with Crippen LogP contribution in [0.3, 0.4) is 0 Å². The first-order valence-electron chi connectivity index (χ1n) is 5.77. The highest BCUT2D eigenvalue weighted by molar-refractivity contribution is 5.93. The summed E-state index contributed by atoms with van der Waals surface area (Å²) >= 11 is 0. The molecule has 1 aromatic rings. The smallest absolute Gasteiger partial charge is 0.341 e. The summed E-state index contributed by atoms with van der Waals surface area (Å²) in [5.74, 6) is -1.13. The van der Waals surface area contributed by atoms with Crippen LogP contribution in [0.4, 0.5) is 10.1 Å². The van der Waals surface area contributed by atoms with E-state index in [2.05, 4.69) is 9.64 Å². The number of halogens is 1. The zero-order valence-electron chi connectivity index (χ0n) is 10.1. The largest absolute Gasteiger partial charge is 0.465 e. The number of anilines is 1. The third-order valence-electron chi connectivity index (χ3n) is 3.22. The number of ether oxygens (including phenoxy) is 1. The van der Waals surface area contributed by atoms with Gasteiger partial charge in [0.25, 0.3) is 0 Å². The normalized spacial score (nSPS) is 15.1. The lowest BCUT2D eigenvalue weighted by atomic mass is 10.1. The monoisotopic (exact) mass is 237 g/mol. The summed E-state index contributed by atoms with van der Waals surface area (Å²) in [6.07, 6.45) is 2.29. The van der Waals surface area contributed by atoms with Crippen molar-refractivity contribution in [3.8, 4) is 0 Å². The summed E-state index contributed by atoms with van der Waals surface area (Å²) in [4.78, 5) is 13.7. The van der Waals surface area contributed by atoms with Crippen molar-refractivity contribution >= 4 is 11.7 Å². The van der Waals surface area contributed by atoms with Gasteiger partial charge in [0.1, 0.15) is 11.4 Å². The second-order valence-corrected chi connectivity index (χ2v) is 4.25. The summed E-state index contributed by atoms with van der Waals surface area (Å²) in [5, 5.41) is 0. The zero-order valence-corrected chi connectivity index (χ0v) is 10.1. The Morgan fingerprint density at radius 3 is 2.59 bits per heavy atom. The van der Waals surface area contributed by atoms with Gasteiger partial charge in [0.05, 0.1) is 7.11 Å². The molecule has 0 radical (unpaired) electrons. The molecule has 1 fully saturated rings. The average molecular weight is 237 g/mol. The van der Waals surface area contributed by atoms with Gasteiger partial charge in [-0.15, -0.1) is 0 Å². The van der Waals surface area contributed by atoms with Crippen LogP contribution < -0.4 is 4.90 Å². The lowest BCUT2D eigenvalue weighted by molar-refractivity contribution is 0.0594. The lowest BCUT2D eigenvalue weighted by Crippen LogP contribution is -2.20. The van der Waals surface area contributed by atoms with Crippen molar-refractivity contribution < 1.29 is 13.9 Å². The molecule has 0 aliphatic carbocycles. The van der Waals surface area contributed by atoms with E-state index < -0.39 is 11.8 Å². The number of hydrogen-bond donors (Lipinski definition) is 0. The van der Waals surface area contributed by atoms with Crippen LogP contribution in [0.5, 0.6) is 0 Å². The topological polar surface area (TPSA) is 29.5 Å². The van der Waals surface area contributed by atoms with Crippen LogP contribution in [0.1, 0.15) is 28.8 Å². The van der Waals surface area contributed by atoms with Crippen LogP contribution in [-0.2, 0) is 4.74 Å². The van der Waals surface area contributed by atoms with E-state index in [1.807, 2.05) is 0 Å². The van der Waals surface area contributed by atoms with Crippen LogP contribution >= 0.6 is 0 Å². The first kappa shape index (κ1) is 11.9. The molecule has 0 amide bonds. The Hall–Kier alpha value is -1.58. The molecule has 0 atom stereocenters. The second kappa shape index (κ2) is 4.73. The first-order chi connectivity index (χ1) is 8.15. The van der Waals surface area contributed by atoms with E-state index >= 15 is 0 Å². The van der Waals surface area contributed by atoms with Gasteiger partial charge in [-0.2, -0.15) is 0 Å². The van der Waals surface area contributed by atoms with E-state index in [-0.39, 0.29) is 5.56 Å². The fourth-order valence-corrected chi connectivity index (χ4v) is 2.32. The fraction of sp³-hybridized carbons (Fsp3) is 0.462. The maximum absolute atomic E-state index is 13.6. The summed E-state index contributed by atoms with van der Waals surface area (Å²) in [6.45, 7) is 3.70. The third-order valence-corrected chi connectivity index (χ3v) is 3.22. The molecule has 0 spiro atoms. The van der Waals surface area contributed by atoms with Crippen molar-refractivity contribution in [2.45, 2.75) is 19.8 Å². The Kier molecular flexibility index (Phi) is 3.31. The maximum atomic E-state index is 13.6. The molecular formula is C13H16FNO2. The van der Waals surface area contributed by atoms with Crippen molar-refractivity contribution in [1.29, 1.82) is 0 Å². The molecule has 1 aromatic carbocycles. The highest BCUT2D eigenvalue weighted by Gasteiger charge is 2.21. The van der Waals surface area contributed by atoms with Crippen molar-refractivity contribution in [3.63, 3.8) is 0 Å². The fourth-order valence-electron chi connectivity index (χ4n) is 2.32. The minimum atomic E-state index is -0.610. The minimum Gasteiger partial charge on any atom is -0.465 e. The maximum Gasteiger partial charge on any atom is 0.341 e. The minimum absolute atomic E-state index is 0.0527. The summed E-state index contributed by atoms with van der Waals surface area (Å²) < 4.78 is 18.3. The molecule has 1 heterocycles. The number of carbonyl (C=O) groups excluding carboxylic acids is 1. The number of carbonyl (C=O) groups is 1. The molecule has 3 nitrogen and oxygen atoms in total. The molecule has 1 aliphatic heterocycles. The molecule has 0 aromatic heterocycles. The van der Waals surface area contributed by atoms with E-state index in [0.717, 1.165) is 31.6 Å². The van der Waals surface area contributed by atoms with Gasteiger partial charge in [0.2, 0.25) is 0 Å². The molecule has 2 rings (SSSR count). The van der Waals surface area contributed by atoms with E-state index in [9.17, 15) is 9.18 Å². The van der Waals surface area contributed by atoms with Gasteiger partial charge in [0.15, 0.2) is 0 Å². The molecule has 17 heavy (non-hydrogen) atoms. The van der Waals surface area contributed by atoms with Crippen LogP contribution in [0, 0.1) is 12.7 Å². The van der Waals surface area contributed by atoms with Gasteiger partial charge in [-0.3, -0.25) is 0 Å². The van der Waals surface area contributed by atoms with E-state index in [1.165, 1.54) is 13.2 Å². The predicted molar refractivity (Wildman–Crippen MR) is 63.9 cm³/mol. The van der Waals surface area contributed by atoms with Crippen LogP contribution in [0.25, 0.3) is 0 Å². The summed E-state index contributed by atoms with van der Waals surface area (Å²) in [5.41, 5.74) is 1.65. The Morgan fingerprint density at radius 1 is 1.35 bits per heavy atom. The first-order valence-corrected chi connectivity index (χ1v) is 5.77. The van der Waals surface area contributed by atoms with E-state index in [4.69, 9.17) is 0 Å². The van der Waals surface area contributed by atoms with Crippen molar-refractivity contribution in [1.82, 2.24) is 0 Å². The number of rotatable bonds is 2. The zero-order chi connectivity index (χ0) is 12.4. The van der Waals surface area contributed by atoms with Gasteiger partial charge >= 0.3 is 5.97 Å². The molecule has 4 heteroatoms. The number of nitrogens with zero attached hydrogens (tertiary/aromatic N) is 1. The van der Waals surface area contributed by atoms with Crippen molar-refractivity contribution in [2.75, 3.05) is 25.1 Å². The molecule has 0 unspecified atom stereocenters. The number of hydrogen-bond acceptors (Lipinski definition) is 3. The van der Waals surface area contributed by atoms with Crippen molar-refractivity contribution in [3.05, 3.63) is 29.1 Å². The molecule has 0 bridgehead atoms. The molecule has 92 valence electrons. The van der Waals surface area contributed by atoms with Crippen LogP contribution in [0.2, 0.25) is 0 Å². The van der Waals surface area contributed by atoms with Crippen LogP contribution in [0.15, 0.2) is 12.1 Å². The Balaban J connectivity index is 2.45. The molecule has 0 N–H and O–H groups in total. The van der Waals surface area contributed by atoms with E-state index in [0.29, 0.717) is 5.56 Å². The molecule has 1 aliphatic rings. The highest BCUT2D eigenvalue weighted by atomic mass is 19.1. The Morgan fingerprint density at radius 2 is 2.00 bits per heavy atom. The second-order valence-electron chi connectivity index (χ2n) is 4.25. The van der Waals surface area contributed by atoms with E-state index in [1.54, 1.807) is 13.0 Å². The van der Waals surface area contributed by atoms with Gasteiger partial charge in [0, 0.05) is 18.8 Å². The third kappa shape index (κ3) is 2.12. The quantitative estimate of drug-likeness (QED) is 0.740. The average Bonchev–Trinajstić information content (AvgIpc) is 2.82. The Bertz CT molecular complexity index is 439. The SMILES string of the molecule is COC(=O)c1c(F)ccc(N2CCCC2)c1C. The lowest BCUT2D eigenvalue weighted by Gasteiger charge is -2.21.